The van der Waals surface area contributed by atoms with E-state index in [0.29, 0.717) is 17.8 Å². The molecule has 6 heteroatoms. The van der Waals surface area contributed by atoms with Crippen molar-refractivity contribution < 1.29 is 0 Å². The van der Waals surface area contributed by atoms with Crippen LogP contribution in [0.2, 0.25) is 0 Å². The van der Waals surface area contributed by atoms with Gasteiger partial charge in [-0.05, 0) is 44.1 Å². The van der Waals surface area contributed by atoms with Crippen molar-refractivity contribution in [3.63, 3.8) is 0 Å². The van der Waals surface area contributed by atoms with Crippen LogP contribution < -0.4 is 11.2 Å². The molecule has 1 aliphatic carbocycles. The Morgan fingerprint density at radius 3 is 2.13 bits per heavy atom. The molecule has 0 bridgehead atoms. The van der Waals surface area contributed by atoms with Gasteiger partial charge in [0.05, 0.1) is 5.39 Å². The Labute approximate surface area is 186 Å². The second-order valence-corrected chi connectivity index (χ2v) is 10.0. The predicted molar refractivity (Wildman–Crippen MR) is 127 cm³/mol. The van der Waals surface area contributed by atoms with Gasteiger partial charge in [0.15, 0.2) is 0 Å². The van der Waals surface area contributed by atoms with Gasteiger partial charge in [-0.15, -0.1) is 11.3 Å². The lowest BCUT2D eigenvalue weighted by Crippen LogP contribution is -2.38. The van der Waals surface area contributed by atoms with E-state index in [2.05, 4.69) is 78.3 Å². The molecule has 4 aromatic rings. The van der Waals surface area contributed by atoms with Crippen molar-refractivity contribution in [1.82, 2.24) is 9.13 Å². The highest BCUT2D eigenvalue weighted by molar-refractivity contribution is 9.10. The molecule has 152 valence electrons. The van der Waals surface area contributed by atoms with E-state index in [4.69, 9.17) is 0 Å². The Morgan fingerprint density at radius 2 is 1.57 bits per heavy atom. The number of halogens is 1. The van der Waals surface area contributed by atoms with Crippen LogP contribution in [0.1, 0.15) is 35.8 Å². The average Bonchev–Trinajstić information content (AvgIpc) is 3.24. The molecule has 30 heavy (non-hydrogen) atoms. The normalized spacial score (nSPS) is 13.2. The first-order valence-corrected chi connectivity index (χ1v) is 11.6. The molecule has 0 aliphatic heterocycles. The quantitative estimate of drug-likeness (QED) is 0.349. The van der Waals surface area contributed by atoms with Crippen molar-refractivity contribution in [3.05, 3.63) is 89.8 Å². The zero-order valence-electron chi connectivity index (χ0n) is 17.0. The predicted octanol–water partition coefficient (Wildman–Crippen LogP) is 5.34. The van der Waals surface area contributed by atoms with Crippen molar-refractivity contribution in [3.8, 4) is 11.1 Å². The Morgan fingerprint density at radius 1 is 1.00 bits per heavy atom. The minimum atomic E-state index is -0.256. The standard InChI is InChI=1S/C24H21BrN2O2S/c1-13(2)12-27-23-19(22(28)26(3)24(27)29)20(25)21(30-23)18-16-10-6-4-8-14(16)15-9-5-7-11-17(15)18/h4-11,13,18H,12H2,1-3H3. The van der Waals surface area contributed by atoms with E-state index in [-0.39, 0.29) is 17.2 Å². The molecule has 0 amide bonds. The minimum Gasteiger partial charge on any atom is -0.284 e. The number of benzene rings is 2. The average molecular weight is 481 g/mol. The van der Waals surface area contributed by atoms with E-state index in [9.17, 15) is 9.59 Å². The lowest BCUT2D eigenvalue weighted by Gasteiger charge is -2.12. The maximum atomic E-state index is 13.1. The molecule has 2 aromatic carbocycles. The number of rotatable bonds is 3. The largest absolute Gasteiger partial charge is 0.331 e. The van der Waals surface area contributed by atoms with E-state index in [1.807, 2.05) is 0 Å². The summed E-state index contributed by atoms with van der Waals surface area (Å²) in [6.07, 6.45) is 0. The van der Waals surface area contributed by atoms with E-state index >= 15 is 0 Å². The van der Waals surface area contributed by atoms with Crippen molar-refractivity contribution >= 4 is 37.5 Å². The third-order valence-corrected chi connectivity index (χ3v) is 8.15. The van der Waals surface area contributed by atoms with Gasteiger partial charge in [0.2, 0.25) is 0 Å². The summed E-state index contributed by atoms with van der Waals surface area (Å²) in [5.41, 5.74) is 4.43. The van der Waals surface area contributed by atoms with Crippen LogP contribution in [0, 0.1) is 5.92 Å². The van der Waals surface area contributed by atoms with Crippen LogP contribution in [-0.2, 0) is 13.6 Å². The van der Waals surface area contributed by atoms with E-state index in [1.54, 1.807) is 23.0 Å². The van der Waals surface area contributed by atoms with Crippen LogP contribution in [-0.4, -0.2) is 9.13 Å². The summed E-state index contributed by atoms with van der Waals surface area (Å²) >= 11 is 5.31. The van der Waals surface area contributed by atoms with Crippen LogP contribution >= 0.6 is 27.3 Å². The van der Waals surface area contributed by atoms with Gasteiger partial charge in [0.25, 0.3) is 5.56 Å². The summed E-state index contributed by atoms with van der Waals surface area (Å²) in [6.45, 7) is 4.74. The first-order chi connectivity index (χ1) is 14.4. The number of hydrogen-bond donors (Lipinski definition) is 0. The van der Waals surface area contributed by atoms with Crippen LogP contribution in [0.25, 0.3) is 21.3 Å². The zero-order valence-corrected chi connectivity index (χ0v) is 19.4. The minimum absolute atomic E-state index is 0.0384. The van der Waals surface area contributed by atoms with Gasteiger partial charge < -0.3 is 0 Å². The first kappa shape index (κ1) is 19.5. The van der Waals surface area contributed by atoms with Gasteiger partial charge in [0, 0.05) is 28.9 Å². The monoisotopic (exact) mass is 480 g/mol. The Bertz CT molecular complexity index is 1380. The van der Waals surface area contributed by atoms with Gasteiger partial charge in [-0.3, -0.25) is 13.9 Å². The number of nitrogens with zero attached hydrogens (tertiary/aromatic N) is 2. The van der Waals surface area contributed by atoms with Gasteiger partial charge in [-0.2, -0.15) is 0 Å². The van der Waals surface area contributed by atoms with Crippen LogP contribution in [0.3, 0.4) is 0 Å². The van der Waals surface area contributed by atoms with Crippen molar-refractivity contribution in [1.29, 1.82) is 0 Å². The molecule has 0 spiro atoms. The fourth-order valence-electron chi connectivity index (χ4n) is 4.46. The molecular formula is C24H21BrN2O2S. The van der Waals surface area contributed by atoms with Crippen molar-refractivity contribution in [2.24, 2.45) is 13.0 Å². The van der Waals surface area contributed by atoms with Gasteiger partial charge >= 0.3 is 5.69 Å². The van der Waals surface area contributed by atoms with Gasteiger partial charge in [-0.1, -0.05) is 62.4 Å². The number of fused-ring (bicyclic) bond motifs is 4. The fourth-order valence-corrected chi connectivity index (χ4v) is 6.75. The van der Waals surface area contributed by atoms with E-state index < -0.39 is 0 Å². The number of thiophene rings is 1. The van der Waals surface area contributed by atoms with Gasteiger partial charge in [-0.25, -0.2) is 4.79 Å². The molecule has 2 aromatic heterocycles. The molecule has 0 atom stereocenters. The topological polar surface area (TPSA) is 44.0 Å². The Kier molecular flexibility index (Phi) is 4.60. The summed E-state index contributed by atoms with van der Waals surface area (Å²) in [6, 6.07) is 16.9. The maximum absolute atomic E-state index is 13.1. The third kappa shape index (κ3) is 2.70. The number of hydrogen-bond acceptors (Lipinski definition) is 3. The smallest absolute Gasteiger partial charge is 0.284 e. The number of aromatic nitrogens is 2. The van der Waals surface area contributed by atoms with Crippen LogP contribution in [0.15, 0.2) is 62.6 Å². The maximum Gasteiger partial charge on any atom is 0.331 e. The van der Waals surface area contributed by atoms with E-state index in [1.165, 1.54) is 26.8 Å². The molecule has 0 radical (unpaired) electrons. The highest BCUT2D eigenvalue weighted by Crippen LogP contribution is 2.52. The summed E-state index contributed by atoms with van der Waals surface area (Å²) in [5, 5.41) is 0.597. The molecule has 0 saturated carbocycles. The molecule has 5 rings (SSSR count). The molecule has 1 aliphatic rings. The second kappa shape index (κ2) is 7.06. The van der Waals surface area contributed by atoms with Crippen molar-refractivity contribution in [2.75, 3.05) is 0 Å². The SMILES string of the molecule is CC(C)Cn1c(=O)n(C)c(=O)c2c(Br)c(C3c4ccccc4-c4ccccc43)sc21. The highest BCUT2D eigenvalue weighted by Gasteiger charge is 2.33. The lowest BCUT2D eigenvalue weighted by molar-refractivity contribution is 0.504. The Hall–Kier alpha value is -2.44. The highest BCUT2D eigenvalue weighted by atomic mass is 79.9. The molecule has 0 saturated heterocycles. The summed E-state index contributed by atoms with van der Waals surface area (Å²) < 4.78 is 3.78. The molecule has 0 fully saturated rings. The molecular weight excluding hydrogens is 460 g/mol. The Balaban J connectivity index is 1.86. The molecule has 0 N–H and O–H groups in total. The lowest BCUT2D eigenvalue weighted by atomic mass is 9.95. The summed E-state index contributed by atoms with van der Waals surface area (Å²) in [5.74, 6) is 0.331. The summed E-state index contributed by atoms with van der Waals surface area (Å²) in [4.78, 5) is 27.8. The summed E-state index contributed by atoms with van der Waals surface area (Å²) in [7, 11) is 1.56. The molecule has 0 unspecified atom stereocenters. The fraction of sp³-hybridized carbons (Fsp3) is 0.250. The third-order valence-electron chi connectivity index (χ3n) is 5.78. The zero-order chi connectivity index (χ0) is 21.2. The molecule has 4 nitrogen and oxygen atoms in total. The van der Waals surface area contributed by atoms with Gasteiger partial charge in [0.1, 0.15) is 4.83 Å². The first-order valence-electron chi connectivity index (χ1n) is 10.00. The molecule has 2 heterocycles. The van der Waals surface area contributed by atoms with Crippen LogP contribution in [0.4, 0.5) is 0 Å². The van der Waals surface area contributed by atoms with Crippen molar-refractivity contribution in [2.45, 2.75) is 26.3 Å². The van der Waals surface area contributed by atoms with Crippen LogP contribution in [0.5, 0.6) is 0 Å². The van der Waals surface area contributed by atoms with E-state index in [0.717, 1.165) is 14.2 Å². The second-order valence-electron chi connectivity index (χ2n) is 8.22.